The summed E-state index contributed by atoms with van der Waals surface area (Å²) in [7, 11) is 0. The van der Waals surface area contributed by atoms with Crippen molar-refractivity contribution in [3.8, 4) is 12.3 Å². The topological polar surface area (TPSA) is 8.81 Å². The number of rotatable bonds is 7. The van der Waals surface area contributed by atoms with Gasteiger partial charge in [0.25, 0.3) is 0 Å². The lowest BCUT2D eigenvalue weighted by Crippen LogP contribution is -2.31. The quantitative estimate of drug-likeness (QED) is 0.413. The van der Waals surface area contributed by atoms with Crippen molar-refractivity contribution in [1.29, 1.82) is 0 Å². The molecule has 0 spiro atoms. The van der Waals surface area contributed by atoms with Crippen molar-refractivity contribution in [2.45, 2.75) is 45.7 Å². The van der Waals surface area contributed by atoms with Crippen molar-refractivity contribution < 1.29 is 4.57 Å². The fraction of sp³-hybridized carbons (Fsp3) is 0.389. The maximum Gasteiger partial charge on any atom is 0.244 e. The molecule has 104 valence electrons. The molecule has 2 aromatic rings. The number of hydrogen-bond acceptors (Lipinski definition) is 0. The molecule has 1 aromatic carbocycles. The molecule has 2 rings (SSSR count). The van der Waals surface area contributed by atoms with Crippen molar-refractivity contribution in [2.24, 2.45) is 0 Å². The maximum absolute atomic E-state index is 5.37. The molecule has 20 heavy (non-hydrogen) atoms. The Labute approximate surface area is 122 Å². The Hall–Kier alpha value is -2.01. The lowest BCUT2D eigenvalue weighted by Gasteiger charge is -1.99. The van der Waals surface area contributed by atoms with Gasteiger partial charge in [-0.15, -0.1) is 6.42 Å². The number of aromatic nitrogens is 2. The molecule has 0 aliphatic rings. The lowest BCUT2D eigenvalue weighted by molar-refractivity contribution is -0.687. The number of unbranched alkanes of at least 4 members (excludes halogenated alkanes) is 3. The minimum atomic E-state index is 0.896. The first-order valence-electron chi connectivity index (χ1n) is 7.42. The molecule has 1 heterocycles. The van der Waals surface area contributed by atoms with Gasteiger partial charge in [0.2, 0.25) is 6.33 Å². The highest BCUT2D eigenvalue weighted by Crippen LogP contribution is 2.04. The Balaban J connectivity index is 1.87. The zero-order valence-corrected chi connectivity index (χ0v) is 12.3. The second-order valence-electron chi connectivity index (χ2n) is 5.23. The molecule has 1 aromatic heterocycles. The van der Waals surface area contributed by atoms with Crippen LogP contribution in [0.25, 0.3) is 0 Å². The van der Waals surface area contributed by atoms with Gasteiger partial charge in [-0.25, -0.2) is 9.13 Å². The van der Waals surface area contributed by atoms with Gasteiger partial charge < -0.3 is 0 Å². The SMILES string of the molecule is C#Cc1ccc(C[n+]2ccn(CCCCCC)c2)cc1. The van der Waals surface area contributed by atoms with Gasteiger partial charge in [0.05, 0.1) is 6.54 Å². The Kier molecular flexibility index (Phi) is 5.43. The van der Waals surface area contributed by atoms with E-state index in [1.807, 2.05) is 12.1 Å². The average molecular weight is 267 g/mol. The van der Waals surface area contributed by atoms with Crippen molar-refractivity contribution in [1.82, 2.24) is 4.57 Å². The molecule has 0 aliphatic carbocycles. The van der Waals surface area contributed by atoms with Crippen LogP contribution in [0.1, 0.15) is 43.7 Å². The van der Waals surface area contributed by atoms with Crippen LogP contribution < -0.4 is 4.57 Å². The van der Waals surface area contributed by atoms with Gasteiger partial charge in [-0.1, -0.05) is 37.8 Å². The first-order chi connectivity index (χ1) is 9.81. The molecule has 0 saturated heterocycles. The van der Waals surface area contributed by atoms with Gasteiger partial charge in [0.15, 0.2) is 0 Å². The van der Waals surface area contributed by atoms with Crippen LogP contribution >= 0.6 is 0 Å². The molecule has 0 amide bonds. The highest BCUT2D eigenvalue weighted by Gasteiger charge is 2.04. The first kappa shape index (κ1) is 14.4. The maximum atomic E-state index is 5.37. The summed E-state index contributed by atoms with van der Waals surface area (Å²) in [4.78, 5) is 0. The fourth-order valence-electron chi connectivity index (χ4n) is 2.30. The van der Waals surface area contributed by atoms with Gasteiger partial charge in [-0.05, 0) is 30.5 Å². The predicted molar refractivity (Wildman–Crippen MR) is 82.2 cm³/mol. The molecule has 0 fully saturated rings. The van der Waals surface area contributed by atoms with E-state index in [2.05, 4.69) is 52.8 Å². The standard InChI is InChI=1S/C18H23N2/c1-3-5-6-7-12-19-13-14-20(16-19)15-18-10-8-17(4-2)9-11-18/h2,8-11,13-14,16H,3,5-7,12,15H2,1H3/q+1. The molecule has 0 aliphatic heterocycles. The minimum absolute atomic E-state index is 0.896. The summed E-state index contributed by atoms with van der Waals surface area (Å²) in [5.41, 5.74) is 2.21. The van der Waals surface area contributed by atoms with E-state index in [0.29, 0.717) is 0 Å². The second-order valence-corrected chi connectivity index (χ2v) is 5.23. The smallest absolute Gasteiger partial charge is 0.237 e. The summed E-state index contributed by atoms with van der Waals surface area (Å²) >= 11 is 0. The second kappa shape index (κ2) is 7.55. The van der Waals surface area contributed by atoms with Crippen LogP contribution in [0.2, 0.25) is 0 Å². The number of hydrogen-bond donors (Lipinski definition) is 0. The summed E-state index contributed by atoms with van der Waals surface area (Å²) in [6.07, 6.45) is 17.0. The van der Waals surface area contributed by atoms with Crippen molar-refractivity contribution >= 4 is 0 Å². The minimum Gasteiger partial charge on any atom is -0.237 e. The number of aryl methyl sites for hydroxylation is 1. The molecule has 0 radical (unpaired) electrons. The van der Waals surface area contributed by atoms with Crippen molar-refractivity contribution in [3.63, 3.8) is 0 Å². The molecule has 2 heteroatoms. The molecule has 2 nitrogen and oxygen atoms in total. The Morgan fingerprint density at radius 3 is 2.65 bits per heavy atom. The highest BCUT2D eigenvalue weighted by molar-refractivity contribution is 5.33. The van der Waals surface area contributed by atoms with Crippen molar-refractivity contribution in [2.75, 3.05) is 0 Å². The van der Waals surface area contributed by atoms with E-state index in [9.17, 15) is 0 Å². The van der Waals surface area contributed by atoms with E-state index >= 15 is 0 Å². The molecule has 0 N–H and O–H groups in total. The fourth-order valence-corrected chi connectivity index (χ4v) is 2.30. The largest absolute Gasteiger partial charge is 0.244 e. The van der Waals surface area contributed by atoms with Gasteiger partial charge >= 0.3 is 0 Å². The third-order valence-electron chi connectivity index (χ3n) is 3.50. The average Bonchev–Trinajstić information content (AvgIpc) is 2.92. The third-order valence-corrected chi connectivity index (χ3v) is 3.50. The Morgan fingerprint density at radius 2 is 1.95 bits per heavy atom. The molecule has 0 atom stereocenters. The number of benzene rings is 1. The predicted octanol–water partition coefficient (Wildman–Crippen LogP) is 3.39. The summed E-state index contributed by atoms with van der Waals surface area (Å²) in [6, 6.07) is 8.19. The van der Waals surface area contributed by atoms with Crippen LogP contribution in [-0.2, 0) is 13.1 Å². The normalized spacial score (nSPS) is 10.4. The van der Waals surface area contributed by atoms with E-state index in [4.69, 9.17) is 6.42 Å². The third kappa shape index (κ3) is 4.28. The molecule has 0 saturated carbocycles. The molecule has 0 bridgehead atoms. The van der Waals surface area contributed by atoms with E-state index in [-0.39, 0.29) is 0 Å². The summed E-state index contributed by atoms with van der Waals surface area (Å²) in [5, 5.41) is 0. The van der Waals surface area contributed by atoms with E-state index in [0.717, 1.165) is 18.7 Å². The van der Waals surface area contributed by atoms with Crippen LogP contribution in [0.15, 0.2) is 43.0 Å². The van der Waals surface area contributed by atoms with Crippen LogP contribution in [0, 0.1) is 12.3 Å². The van der Waals surface area contributed by atoms with E-state index in [1.54, 1.807) is 0 Å². The van der Waals surface area contributed by atoms with Gasteiger partial charge in [0, 0.05) is 5.56 Å². The van der Waals surface area contributed by atoms with Gasteiger partial charge in [0.1, 0.15) is 18.9 Å². The van der Waals surface area contributed by atoms with E-state index in [1.165, 1.54) is 31.2 Å². The Morgan fingerprint density at radius 1 is 1.15 bits per heavy atom. The Bertz CT molecular complexity index is 558. The first-order valence-corrected chi connectivity index (χ1v) is 7.42. The zero-order chi connectivity index (χ0) is 14.2. The van der Waals surface area contributed by atoms with Crippen molar-refractivity contribution in [3.05, 3.63) is 54.1 Å². The number of terminal acetylenes is 1. The lowest BCUT2D eigenvalue weighted by atomic mass is 10.1. The van der Waals surface area contributed by atoms with Crippen LogP contribution in [0.4, 0.5) is 0 Å². The molecular weight excluding hydrogens is 244 g/mol. The van der Waals surface area contributed by atoms with Crippen LogP contribution in [-0.4, -0.2) is 4.57 Å². The number of imidazole rings is 1. The zero-order valence-electron chi connectivity index (χ0n) is 12.3. The van der Waals surface area contributed by atoms with Crippen LogP contribution in [0.5, 0.6) is 0 Å². The molecule has 0 unspecified atom stereocenters. The summed E-state index contributed by atoms with van der Waals surface area (Å²) in [5.74, 6) is 2.64. The summed E-state index contributed by atoms with van der Waals surface area (Å²) < 4.78 is 4.48. The van der Waals surface area contributed by atoms with Gasteiger partial charge in [-0.3, -0.25) is 0 Å². The summed E-state index contributed by atoms with van der Waals surface area (Å²) in [6.45, 7) is 4.25. The monoisotopic (exact) mass is 267 g/mol. The number of nitrogens with zero attached hydrogens (tertiary/aromatic N) is 2. The van der Waals surface area contributed by atoms with Gasteiger partial charge in [-0.2, -0.15) is 0 Å². The van der Waals surface area contributed by atoms with E-state index < -0.39 is 0 Å². The molecular formula is C18H23N2+. The highest BCUT2D eigenvalue weighted by atomic mass is 15.1. The van der Waals surface area contributed by atoms with Crippen LogP contribution in [0.3, 0.4) is 0 Å².